The lowest BCUT2D eigenvalue weighted by Crippen LogP contribution is -2.38. The Bertz CT molecular complexity index is 880. The predicted octanol–water partition coefficient (Wildman–Crippen LogP) is 4.33. The van der Waals surface area contributed by atoms with Crippen molar-refractivity contribution >= 4 is 11.9 Å². The van der Waals surface area contributed by atoms with Crippen LogP contribution in [0.25, 0.3) is 0 Å². The zero-order valence-electron chi connectivity index (χ0n) is 25.4. The van der Waals surface area contributed by atoms with Gasteiger partial charge in [0.15, 0.2) is 12.2 Å². The number of aliphatic hydroxyl groups is 3. The molecule has 6 unspecified atom stereocenters. The Kier molecular flexibility index (Phi) is 13.9. The molecule has 0 spiro atoms. The Balaban J connectivity index is 0.000000293. The van der Waals surface area contributed by atoms with Crippen molar-refractivity contribution in [1.29, 1.82) is 0 Å². The van der Waals surface area contributed by atoms with E-state index in [4.69, 9.17) is 20.1 Å². The third-order valence-electron chi connectivity index (χ3n) is 8.18. The number of hydrogen-bond acceptors (Lipinski definition) is 9. The van der Waals surface area contributed by atoms with E-state index in [1.165, 1.54) is 20.8 Å². The van der Waals surface area contributed by atoms with Crippen LogP contribution in [0.2, 0.25) is 0 Å². The second-order valence-corrected chi connectivity index (χ2v) is 11.0. The van der Waals surface area contributed by atoms with Gasteiger partial charge in [0, 0.05) is 5.92 Å². The highest BCUT2D eigenvalue weighted by Crippen LogP contribution is 2.42. The Morgan fingerprint density at radius 2 is 1.02 bits per heavy atom. The van der Waals surface area contributed by atoms with Crippen LogP contribution in [0.1, 0.15) is 67.7 Å². The molecule has 0 amide bonds. The van der Waals surface area contributed by atoms with Crippen molar-refractivity contribution in [3.63, 3.8) is 0 Å². The van der Waals surface area contributed by atoms with Gasteiger partial charge >= 0.3 is 29.7 Å². The molecule has 0 radical (unpaired) electrons. The number of halogens is 8. The topological polar surface area (TPSA) is 132 Å². The first kappa shape index (κ1) is 40.2. The molecular formula is C27H42F8O9. The van der Waals surface area contributed by atoms with Crippen molar-refractivity contribution in [2.75, 3.05) is 6.61 Å². The maximum Gasteiger partial charge on any atom is 0.380 e. The summed E-state index contributed by atoms with van der Waals surface area (Å²) in [5.41, 5.74) is 0. The zero-order chi connectivity index (χ0) is 34.6. The lowest BCUT2D eigenvalue weighted by Gasteiger charge is -2.17. The van der Waals surface area contributed by atoms with E-state index in [9.17, 15) is 44.7 Å². The van der Waals surface area contributed by atoms with E-state index in [-0.39, 0.29) is 6.10 Å². The minimum atomic E-state index is -3.88. The van der Waals surface area contributed by atoms with Crippen LogP contribution in [-0.2, 0) is 28.5 Å². The number of aliphatic hydroxyl groups excluding tert-OH is 3. The second-order valence-electron chi connectivity index (χ2n) is 11.0. The monoisotopic (exact) mass is 662 g/mol. The first-order valence-corrected chi connectivity index (χ1v) is 14.2. The summed E-state index contributed by atoms with van der Waals surface area (Å²) < 4.78 is 120. The van der Waals surface area contributed by atoms with Crippen molar-refractivity contribution in [3.05, 3.63) is 0 Å². The van der Waals surface area contributed by atoms with Crippen LogP contribution in [-0.4, -0.2) is 100 Å². The minimum absolute atomic E-state index is 0.264. The standard InChI is InChI=1S/C8H14F2O.C7H12F2O2.C7H10F2O2.C5H6F2O4/c1-4-7-5(2)8(9,10)6(3)11-7;2*1-3-5-4(2)7(8,9)6(10)11-5;6-5(7)3(9)2(1-8)11-4(5)10/h5-7H,4H2,1-3H3;4-6,10H,3H2,1-2H3;4-5H,3H2,1-2H3;2-3,8-9H,1H2/t5?,6?,7-;4?,5-,6?;4?,5-;2-,3?/m1111/s1. The van der Waals surface area contributed by atoms with Crippen molar-refractivity contribution in [2.24, 2.45) is 17.8 Å². The molecule has 4 heterocycles. The maximum absolute atomic E-state index is 13.0. The van der Waals surface area contributed by atoms with Gasteiger partial charge in [-0.25, -0.2) is 27.2 Å². The maximum atomic E-state index is 13.0. The van der Waals surface area contributed by atoms with Gasteiger partial charge in [-0.05, 0) is 26.2 Å². The second kappa shape index (κ2) is 15.2. The summed E-state index contributed by atoms with van der Waals surface area (Å²) in [6, 6.07) is 0. The van der Waals surface area contributed by atoms with Crippen LogP contribution >= 0.6 is 0 Å². The van der Waals surface area contributed by atoms with Gasteiger partial charge < -0.3 is 34.3 Å². The van der Waals surface area contributed by atoms with E-state index in [1.807, 2.05) is 6.92 Å². The molecule has 0 aromatic rings. The molecule has 0 bridgehead atoms. The van der Waals surface area contributed by atoms with Crippen LogP contribution in [0.15, 0.2) is 0 Å². The molecule has 0 aliphatic carbocycles. The number of cyclic esters (lactones) is 2. The number of rotatable bonds is 4. The smallest absolute Gasteiger partial charge is 0.380 e. The van der Waals surface area contributed by atoms with Crippen LogP contribution in [0.3, 0.4) is 0 Å². The van der Waals surface area contributed by atoms with E-state index < -0.39 is 96.8 Å². The van der Waals surface area contributed by atoms with Crippen LogP contribution in [0.4, 0.5) is 35.1 Å². The molecule has 4 aliphatic heterocycles. The minimum Gasteiger partial charge on any atom is -0.457 e. The summed E-state index contributed by atoms with van der Waals surface area (Å²) in [6.45, 7) is 10.3. The molecular weight excluding hydrogens is 620 g/mol. The Labute approximate surface area is 250 Å². The van der Waals surface area contributed by atoms with Crippen molar-refractivity contribution < 1.29 is 79.0 Å². The van der Waals surface area contributed by atoms with Gasteiger partial charge in [-0.15, -0.1) is 0 Å². The molecule has 10 atom stereocenters. The Morgan fingerprint density at radius 1 is 0.614 bits per heavy atom. The highest BCUT2D eigenvalue weighted by molar-refractivity contribution is 5.81. The molecule has 0 saturated carbocycles. The van der Waals surface area contributed by atoms with Gasteiger partial charge in [0.2, 0.25) is 6.29 Å². The third-order valence-corrected chi connectivity index (χ3v) is 8.18. The fraction of sp³-hybridized carbons (Fsp3) is 0.926. The number of carbonyl (C=O) groups excluding carboxylic acids is 2. The molecule has 4 aliphatic rings. The van der Waals surface area contributed by atoms with E-state index >= 15 is 0 Å². The summed E-state index contributed by atoms with van der Waals surface area (Å²) in [5, 5.41) is 25.7. The molecule has 44 heavy (non-hydrogen) atoms. The van der Waals surface area contributed by atoms with E-state index in [2.05, 4.69) is 14.2 Å². The van der Waals surface area contributed by atoms with Gasteiger partial charge in [-0.1, -0.05) is 41.5 Å². The summed E-state index contributed by atoms with van der Waals surface area (Å²) in [7, 11) is 0. The molecule has 4 fully saturated rings. The van der Waals surface area contributed by atoms with Gasteiger partial charge in [-0.2, -0.15) is 17.6 Å². The van der Waals surface area contributed by atoms with Crippen LogP contribution < -0.4 is 0 Å². The third kappa shape index (κ3) is 8.30. The van der Waals surface area contributed by atoms with Crippen molar-refractivity contribution in [3.8, 4) is 0 Å². The fourth-order valence-corrected chi connectivity index (χ4v) is 4.78. The Morgan fingerprint density at radius 3 is 1.20 bits per heavy atom. The molecule has 3 N–H and O–H groups in total. The van der Waals surface area contributed by atoms with Gasteiger partial charge in [-0.3, -0.25) is 0 Å². The zero-order valence-corrected chi connectivity index (χ0v) is 25.4. The Hall–Kier alpha value is -1.82. The number of carbonyl (C=O) groups is 2. The van der Waals surface area contributed by atoms with Crippen molar-refractivity contribution in [2.45, 2.75) is 134 Å². The van der Waals surface area contributed by atoms with Crippen LogP contribution in [0.5, 0.6) is 0 Å². The van der Waals surface area contributed by atoms with Crippen molar-refractivity contribution in [1.82, 2.24) is 0 Å². The van der Waals surface area contributed by atoms with Gasteiger partial charge in [0.1, 0.15) is 12.2 Å². The lowest BCUT2D eigenvalue weighted by molar-refractivity contribution is -0.191. The normalized spacial score (nSPS) is 39.1. The van der Waals surface area contributed by atoms with E-state index in [0.717, 1.165) is 0 Å². The summed E-state index contributed by atoms with van der Waals surface area (Å²) in [6.07, 6.45) is -6.34. The number of hydrogen-bond donors (Lipinski definition) is 3. The average molecular weight is 663 g/mol. The predicted molar refractivity (Wildman–Crippen MR) is 136 cm³/mol. The highest BCUT2D eigenvalue weighted by Gasteiger charge is 2.59. The summed E-state index contributed by atoms with van der Waals surface area (Å²) >= 11 is 0. The number of esters is 2. The van der Waals surface area contributed by atoms with Gasteiger partial charge in [0.25, 0.3) is 5.92 Å². The first-order chi connectivity index (χ1) is 20.0. The van der Waals surface area contributed by atoms with Crippen LogP contribution in [0, 0.1) is 17.8 Å². The quantitative estimate of drug-likeness (QED) is 0.297. The molecule has 17 heteroatoms. The summed E-state index contributed by atoms with van der Waals surface area (Å²) in [4.78, 5) is 20.7. The molecule has 4 saturated heterocycles. The lowest BCUT2D eigenvalue weighted by atomic mass is 9.96. The highest BCUT2D eigenvalue weighted by atomic mass is 19.3. The first-order valence-electron chi connectivity index (χ1n) is 14.2. The summed E-state index contributed by atoms with van der Waals surface area (Å²) in [5.74, 6) is -18.6. The molecule has 260 valence electrons. The number of alkyl halides is 8. The largest absolute Gasteiger partial charge is 0.457 e. The fourth-order valence-electron chi connectivity index (χ4n) is 4.78. The van der Waals surface area contributed by atoms with E-state index in [1.54, 1.807) is 20.8 Å². The SMILES string of the molecule is CC[C@H]1OC(=O)C(F)(F)C1C.CC[C@H]1OC(C)C(F)(F)C1C.CC[C@H]1OC(O)C(F)(F)C1C.O=C1O[C@H](CO)C(O)C1(F)F. The molecule has 9 nitrogen and oxygen atoms in total. The molecule has 4 rings (SSSR count). The molecule has 0 aromatic carbocycles. The molecule has 0 aromatic heterocycles. The number of ether oxygens (including phenoxy) is 4. The average Bonchev–Trinajstić information content (AvgIpc) is 3.47. The van der Waals surface area contributed by atoms with Gasteiger partial charge in [0.05, 0.1) is 30.7 Å². The van der Waals surface area contributed by atoms with E-state index in [0.29, 0.717) is 19.3 Å².